The Balaban J connectivity index is 1.99. The fraction of sp³-hybridized carbons (Fsp3) is 0.105. The topological polar surface area (TPSA) is 38.1 Å². The normalized spacial score (nSPS) is 11.4. The van der Waals surface area contributed by atoms with Crippen LogP contribution in [0, 0.1) is 5.82 Å². The lowest BCUT2D eigenvalue weighted by Crippen LogP contribution is -2.02. The summed E-state index contributed by atoms with van der Waals surface area (Å²) >= 11 is 0. The van der Waals surface area contributed by atoms with E-state index in [2.05, 4.69) is 4.98 Å². The Morgan fingerprint density at radius 3 is 2.61 bits per heavy atom. The van der Waals surface area contributed by atoms with Crippen molar-refractivity contribution in [3.05, 3.63) is 77.7 Å². The van der Waals surface area contributed by atoms with Gasteiger partial charge in [-0.2, -0.15) is 0 Å². The van der Waals surface area contributed by atoms with Crippen molar-refractivity contribution in [1.29, 1.82) is 0 Å². The van der Waals surface area contributed by atoms with Gasteiger partial charge in [-0.15, -0.1) is 0 Å². The monoisotopic (exact) mass is 306 g/mol. The molecule has 0 radical (unpaired) electrons. The summed E-state index contributed by atoms with van der Waals surface area (Å²) < 4.78 is 16.1. The molecule has 3 nitrogen and oxygen atoms in total. The maximum atomic E-state index is 14.0. The molecule has 0 saturated heterocycles. The zero-order valence-corrected chi connectivity index (χ0v) is 12.4. The second-order valence-corrected chi connectivity index (χ2v) is 5.57. The molecule has 2 aromatic heterocycles. The zero-order chi connectivity index (χ0) is 15.8. The molecule has 0 aliphatic rings. The van der Waals surface area contributed by atoms with Crippen molar-refractivity contribution in [3.63, 3.8) is 0 Å². The Hall–Kier alpha value is -2.72. The van der Waals surface area contributed by atoms with Gasteiger partial charge in [0.25, 0.3) is 0 Å². The fourth-order valence-electron chi connectivity index (χ4n) is 3.01. The largest absolute Gasteiger partial charge is 0.392 e. The summed E-state index contributed by atoms with van der Waals surface area (Å²) in [6, 6.07) is 16.7. The molecule has 2 aromatic carbocycles. The van der Waals surface area contributed by atoms with Crippen molar-refractivity contribution in [1.82, 2.24) is 9.55 Å². The maximum Gasteiger partial charge on any atom is 0.141 e. The van der Waals surface area contributed by atoms with Crippen LogP contribution in [0.4, 0.5) is 4.39 Å². The van der Waals surface area contributed by atoms with E-state index in [4.69, 9.17) is 0 Å². The fourth-order valence-corrected chi connectivity index (χ4v) is 3.01. The maximum absolute atomic E-state index is 14.0. The van der Waals surface area contributed by atoms with E-state index >= 15 is 0 Å². The first-order valence-corrected chi connectivity index (χ1v) is 7.48. The van der Waals surface area contributed by atoms with Gasteiger partial charge < -0.3 is 9.67 Å². The van der Waals surface area contributed by atoms with Gasteiger partial charge in [0.05, 0.1) is 18.7 Å². The van der Waals surface area contributed by atoms with Crippen molar-refractivity contribution in [3.8, 4) is 0 Å². The third-order valence-corrected chi connectivity index (χ3v) is 4.13. The minimum atomic E-state index is -0.217. The molecule has 0 amide bonds. The molecule has 114 valence electrons. The van der Waals surface area contributed by atoms with Crippen molar-refractivity contribution >= 4 is 21.9 Å². The van der Waals surface area contributed by atoms with Crippen LogP contribution in [-0.2, 0) is 13.2 Å². The van der Waals surface area contributed by atoms with E-state index in [1.807, 2.05) is 41.0 Å². The lowest BCUT2D eigenvalue weighted by molar-refractivity contribution is 0.281. The summed E-state index contributed by atoms with van der Waals surface area (Å²) in [5.41, 5.74) is 3.20. The molecule has 1 N–H and O–H groups in total. The van der Waals surface area contributed by atoms with E-state index in [1.165, 1.54) is 6.07 Å². The number of hydrogen-bond donors (Lipinski definition) is 1. The molecule has 4 rings (SSSR count). The van der Waals surface area contributed by atoms with Gasteiger partial charge in [-0.25, -0.2) is 9.37 Å². The predicted octanol–water partition coefficient (Wildman–Crippen LogP) is 3.87. The quantitative estimate of drug-likeness (QED) is 0.624. The molecule has 0 aliphatic heterocycles. The Morgan fingerprint density at radius 1 is 1.00 bits per heavy atom. The summed E-state index contributed by atoms with van der Waals surface area (Å²) in [5, 5.41) is 11.4. The molecule has 4 heteroatoms. The summed E-state index contributed by atoms with van der Waals surface area (Å²) in [6.07, 6.45) is 1.67. The number of hydrogen-bond acceptors (Lipinski definition) is 2. The molecule has 0 bridgehead atoms. The van der Waals surface area contributed by atoms with E-state index in [9.17, 15) is 9.50 Å². The second kappa shape index (κ2) is 5.48. The standard InChI is InChI=1S/C19H15FN2O/c20-17-7-3-1-5-14(17)11-22-18-8-4-2-6-15(18)16-9-13(12-23)10-21-19(16)22/h1-10,23H,11-12H2. The van der Waals surface area contributed by atoms with Crippen LogP contribution in [0.15, 0.2) is 60.8 Å². The molecule has 4 aromatic rings. The second-order valence-electron chi connectivity index (χ2n) is 5.57. The summed E-state index contributed by atoms with van der Waals surface area (Å²) in [5.74, 6) is -0.217. The minimum absolute atomic E-state index is 0.0459. The van der Waals surface area contributed by atoms with Crippen LogP contribution in [0.3, 0.4) is 0 Å². The number of nitrogens with zero attached hydrogens (tertiary/aromatic N) is 2. The number of benzene rings is 2. The smallest absolute Gasteiger partial charge is 0.141 e. The van der Waals surface area contributed by atoms with Gasteiger partial charge in [0, 0.05) is 22.5 Å². The first-order valence-electron chi connectivity index (χ1n) is 7.48. The molecular weight excluding hydrogens is 291 g/mol. The Bertz CT molecular complexity index is 1010. The van der Waals surface area contributed by atoms with Crippen molar-refractivity contribution in [2.45, 2.75) is 13.2 Å². The van der Waals surface area contributed by atoms with Gasteiger partial charge in [0.15, 0.2) is 0 Å². The summed E-state index contributed by atoms with van der Waals surface area (Å²) in [6.45, 7) is 0.373. The van der Waals surface area contributed by atoms with E-state index in [-0.39, 0.29) is 12.4 Å². The Morgan fingerprint density at radius 2 is 1.78 bits per heavy atom. The number of aliphatic hydroxyl groups excluding tert-OH is 1. The van der Waals surface area contributed by atoms with Gasteiger partial charge in [0.2, 0.25) is 0 Å². The van der Waals surface area contributed by atoms with Crippen LogP contribution in [0.2, 0.25) is 0 Å². The first-order chi connectivity index (χ1) is 11.3. The van der Waals surface area contributed by atoms with E-state index < -0.39 is 0 Å². The summed E-state index contributed by atoms with van der Waals surface area (Å²) in [4.78, 5) is 4.50. The molecule has 0 spiro atoms. The lowest BCUT2D eigenvalue weighted by atomic mass is 10.1. The van der Waals surface area contributed by atoms with Crippen LogP contribution < -0.4 is 0 Å². The van der Waals surface area contributed by atoms with Crippen LogP contribution >= 0.6 is 0 Å². The number of halogens is 1. The van der Waals surface area contributed by atoms with Gasteiger partial charge >= 0.3 is 0 Å². The SMILES string of the molecule is OCc1cnc2c(c1)c1ccccc1n2Cc1ccccc1F. The number of fused-ring (bicyclic) bond motifs is 3. The van der Waals surface area contributed by atoms with E-state index in [1.54, 1.807) is 18.3 Å². The van der Waals surface area contributed by atoms with Crippen molar-refractivity contribution in [2.75, 3.05) is 0 Å². The molecule has 2 heterocycles. The van der Waals surface area contributed by atoms with Crippen molar-refractivity contribution in [2.24, 2.45) is 0 Å². The highest BCUT2D eigenvalue weighted by atomic mass is 19.1. The highest BCUT2D eigenvalue weighted by Gasteiger charge is 2.13. The van der Waals surface area contributed by atoms with E-state index in [0.717, 1.165) is 27.5 Å². The van der Waals surface area contributed by atoms with Gasteiger partial charge in [-0.05, 0) is 23.8 Å². The molecule has 23 heavy (non-hydrogen) atoms. The molecular formula is C19H15FN2O. The first kappa shape index (κ1) is 13.9. The Labute approximate surface area is 132 Å². The van der Waals surface area contributed by atoms with Crippen LogP contribution in [0.1, 0.15) is 11.1 Å². The number of pyridine rings is 1. The van der Waals surface area contributed by atoms with Crippen LogP contribution in [0.5, 0.6) is 0 Å². The molecule has 0 fully saturated rings. The number of aliphatic hydroxyl groups is 1. The van der Waals surface area contributed by atoms with Gasteiger partial charge in [0.1, 0.15) is 11.5 Å². The van der Waals surface area contributed by atoms with Crippen molar-refractivity contribution < 1.29 is 9.50 Å². The Kier molecular flexibility index (Phi) is 3.32. The highest BCUT2D eigenvalue weighted by molar-refractivity contribution is 6.06. The average Bonchev–Trinajstić information content (AvgIpc) is 2.90. The van der Waals surface area contributed by atoms with E-state index in [0.29, 0.717) is 12.1 Å². The average molecular weight is 306 g/mol. The summed E-state index contributed by atoms with van der Waals surface area (Å²) in [7, 11) is 0. The number of rotatable bonds is 3. The lowest BCUT2D eigenvalue weighted by Gasteiger charge is -2.08. The predicted molar refractivity (Wildman–Crippen MR) is 88.7 cm³/mol. The highest BCUT2D eigenvalue weighted by Crippen LogP contribution is 2.29. The number of para-hydroxylation sites is 1. The molecule has 0 saturated carbocycles. The molecule has 0 atom stereocenters. The van der Waals surface area contributed by atoms with Gasteiger partial charge in [-0.3, -0.25) is 0 Å². The minimum Gasteiger partial charge on any atom is -0.392 e. The third-order valence-electron chi connectivity index (χ3n) is 4.13. The zero-order valence-electron chi connectivity index (χ0n) is 12.4. The number of aromatic nitrogens is 2. The van der Waals surface area contributed by atoms with Crippen LogP contribution in [-0.4, -0.2) is 14.7 Å². The third kappa shape index (κ3) is 2.28. The van der Waals surface area contributed by atoms with Gasteiger partial charge in [-0.1, -0.05) is 36.4 Å². The molecule has 0 aliphatic carbocycles. The van der Waals surface area contributed by atoms with Crippen LogP contribution in [0.25, 0.3) is 21.9 Å². The molecule has 0 unspecified atom stereocenters.